The molecule has 3 nitrogen and oxygen atoms in total. The van der Waals surface area contributed by atoms with Crippen molar-refractivity contribution in [2.45, 2.75) is 32.3 Å². The van der Waals surface area contributed by atoms with E-state index < -0.39 is 29.0 Å². The van der Waals surface area contributed by atoms with E-state index in [0.29, 0.717) is 6.92 Å². The largest absolute Gasteiger partial charge is 0.367 e. The molecule has 1 saturated heterocycles. The Morgan fingerprint density at radius 2 is 2.07 bits per heavy atom. The van der Waals surface area contributed by atoms with Gasteiger partial charge in [0.1, 0.15) is 11.5 Å². The summed E-state index contributed by atoms with van der Waals surface area (Å²) in [5.41, 5.74) is -1.12. The van der Waals surface area contributed by atoms with Gasteiger partial charge < -0.3 is 4.74 Å². The van der Waals surface area contributed by atoms with Gasteiger partial charge in [-0.2, -0.15) is 8.78 Å². The number of halogens is 2. The average Bonchev–Trinajstić information content (AvgIpc) is 2.25. The van der Waals surface area contributed by atoms with Crippen molar-refractivity contribution in [1.82, 2.24) is 0 Å². The predicted molar refractivity (Wildman–Crippen MR) is 44.2 cm³/mol. The van der Waals surface area contributed by atoms with Gasteiger partial charge in [-0.05, 0) is 13.8 Å². The summed E-state index contributed by atoms with van der Waals surface area (Å²) in [6.45, 7) is 3.19. The maximum absolute atomic E-state index is 12.6. The topological polar surface area (TPSA) is 43.4 Å². The predicted octanol–water partition coefficient (Wildman–Crippen LogP) is 1.20. The highest BCUT2D eigenvalue weighted by molar-refractivity contribution is 6.09. The Kier molecular flexibility index (Phi) is 2.48. The molecule has 0 amide bonds. The molecule has 0 aromatic heterocycles. The Bertz CT molecular complexity index is 278. The van der Waals surface area contributed by atoms with Crippen LogP contribution in [0.4, 0.5) is 8.78 Å². The first-order valence-corrected chi connectivity index (χ1v) is 4.26. The number of carbonyl (C=O) groups excluding carboxylic acids is 2. The fourth-order valence-corrected chi connectivity index (χ4v) is 1.36. The molecule has 5 heteroatoms. The second kappa shape index (κ2) is 3.08. The maximum Gasteiger partial charge on any atom is 0.303 e. The number of ether oxygens (including phenoxy) is 1. The second-order valence-electron chi connectivity index (χ2n) is 3.99. The van der Waals surface area contributed by atoms with Crippen LogP contribution in [0.2, 0.25) is 0 Å². The standard InChI is InChI=1S/C9H12F2O3/c1-8(2)6(12)5(4-14-8)7(13)9(3,10)11/h5H,4H2,1-3H3. The van der Waals surface area contributed by atoms with E-state index in [2.05, 4.69) is 0 Å². The van der Waals surface area contributed by atoms with Crippen LogP contribution < -0.4 is 0 Å². The van der Waals surface area contributed by atoms with Crippen molar-refractivity contribution in [3.63, 3.8) is 0 Å². The highest BCUT2D eigenvalue weighted by atomic mass is 19.3. The van der Waals surface area contributed by atoms with Crippen molar-refractivity contribution >= 4 is 11.6 Å². The minimum absolute atomic E-state index is 0.242. The van der Waals surface area contributed by atoms with E-state index in [1.807, 2.05) is 0 Å². The molecular formula is C9H12F2O3. The molecule has 0 bridgehead atoms. The molecule has 0 aromatic rings. The van der Waals surface area contributed by atoms with Gasteiger partial charge in [-0.1, -0.05) is 0 Å². The van der Waals surface area contributed by atoms with E-state index >= 15 is 0 Å². The third kappa shape index (κ3) is 1.82. The highest BCUT2D eigenvalue weighted by Gasteiger charge is 2.50. The first-order chi connectivity index (χ1) is 6.16. The molecule has 0 spiro atoms. The van der Waals surface area contributed by atoms with E-state index in [9.17, 15) is 18.4 Å². The van der Waals surface area contributed by atoms with Crippen LogP contribution in [0.3, 0.4) is 0 Å². The zero-order valence-corrected chi connectivity index (χ0v) is 8.27. The van der Waals surface area contributed by atoms with Gasteiger partial charge in [0, 0.05) is 6.92 Å². The second-order valence-corrected chi connectivity index (χ2v) is 3.99. The molecular weight excluding hydrogens is 194 g/mol. The smallest absolute Gasteiger partial charge is 0.303 e. The summed E-state index contributed by atoms with van der Waals surface area (Å²) < 4.78 is 30.2. The third-order valence-corrected chi connectivity index (χ3v) is 2.27. The van der Waals surface area contributed by atoms with E-state index in [0.717, 1.165) is 0 Å². The first kappa shape index (κ1) is 11.2. The van der Waals surface area contributed by atoms with Crippen molar-refractivity contribution in [3.05, 3.63) is 0 Å². The minimum atomic E-state index is -3.47. The van der Waals surface area contributed by atoms with Crippen molar-refractivity contribution in [2.24, 2.45) is 5.92 Å². The number of carbonyl (C=O) groups is 2. The lowest BCUT2D eigenvalue weighted by atomic mass is 9.90. The van der Waals surface area contributed by atoms with E-state index in [1.54, 1.807) is 0 Å². The summed E-state index contributed by atoms with van der Waals surface area (Å²) in [7, 11) is 0. The summed E-state index contributed by atoms with van der Waals surface area (Å²) in [6.07, 6.45) is 0. The summed E-state index contributed by atoms with van der Waals surface area (Å²) in [6, 6.07) is 0. The molecule has 0 aliphatic carbocycles. The number of ketones is 2. The van der Waals surface area contributed by atoms with E-state index in [1.165, 1.54) is 13.8 Å². The van der Waals surface area contributed by atoms with Crippen LogP contribution in [0.25, 0.3) is 0 Å². The van der Waals surface area contributed by atoms with Crippen LogP contribution >= 0.6 is 0 Å². The zero-order valence-electron chi connectivity index (χ0n) is 8.27. The molecule has 1 rings (SSSR count). The van der Waals surface area contributed by atoms with Gasteiger partial charge in [0.05, 0.1) is 6.61 Å². The van der Waals surface area contributed by atoms with Crippen LogP contribution in [0, 0.1) is 5.92 Å². The number of Topliss-reactive ketones (excluding diaryl/α,β-unsaturated/α-hetero) is 2. The van der Waals surface area contributed by atoms with Crippen LogP contribution in [0.1, 0.15) is 20.8 Å². The Hall–Kier alpha value is -0.840. The Morgan fingerprint density at radius 1 is 1.57 bits per heavy atom. The van der Waals surface area contributed by atoms with Crippen molar-refractivity contribution in [2.75, 3.05) is 6.61 Å². The third-order valence-electron chi connectivity index (χ3n) is 2.27. The molecule has 1 unspecified atom stereocenters. The van der Waals surface area contributed by atoms with Crippen LogP contribution in [0.5, 0.6) is 0 Å². The summed E-state index contributed by atoms with van der Waals surface area (Å²) in [5, 5.41) is 0. The van der Waals surface area contributed by atoms with Gasteiger partial charge in [0.2, 0.25) is 5.78 Å². The first-order valence-electron chi connectivity index (χ1n) is 4.26. The van der Waals surface area contributed by atoms with Gasteiger partial charge in [0.25, 0.3) is 0 Å². The Morgan fingerprint density at radius 3 is 2.36 bits per heavy atom. The number of alkyl halides is 2. The van der Waals surface area contributed by atoms with Crippen LogP contribution in [0.15, 0.2) is 0 Å². The Balaban J connectivity index is 2.85. The van der Waals surface area contributed by atoms with E-state index in [-0.39, 0.29) is 6.61 Å². The molecule has 1 fully saturated rings. The highest BCUT2D eigenvalue weighted by Crippen LogP contribution is 2.30. The van der Waals surface area contributed by atoms with Crippen LogP contribution in [-0.2, 0) is 14.3 Å². The monoisotopic (exact) mass is 206 g/mol. The van der Waals surface area contributed by atoms with Gasteiger partial charge in [-0.15, -0.1) is 0 Å². The minimum Gasteiger partial charge on any atom is -0.367 e. The molecule has 0 aromatic carbocycles. The number of hydrogen-bond donors (Lipinski definition) is 0. The van der Waals surface area contributed by atoms with Gasteiger partial charge >= 0.3 is 5.92 Å². The summed E-state index contributed by atoms with van der Waals surface area (Å²) >= 11 is 0. The molecule has 0 N–H and O–H groups in total. The molecule has 0 radical (unpaired) electrons. The quantitative estimate of drug-likeness (QED) is 0.638. The maximum atomic E-state index is 12.6. The molecule has 1 aliphatic rings. The van der Waals surface area contributed by atoms with Crippen LogP contribution in [-0.4, -0.2) is 29.7 Å². The fraction of sp³-hybridized carbons (Fsp3) is 0.778. The lowest BCUT2D eigenvalue weighted by Gasteiger charge is -2.15. The number of rotatable bonds is 2. The molecule has 0 saturated carbocycles. The lowest BCUT2D eigenvalue weighted by molar-refractivity contribution is -0.148. The van der Waals surface area contributed by atoms with Gasteiger partial charge in [-0.3, -0.25) is 9.59 Å². The lowest BCUT2D eigenvalue weighted by Crippen LogP contribution is -2.39. The molecule has 14 heavy (non-hydrogen) atoms. The zero-order chi connectivity index (χ0) is 11.1. The van der Waals surface area contributed by atoms with Gasteiger partial charge in [-0.25, -0.2) is 0 Å². The molecule has 1 aliphatic heterocycles. The summed E-state index contributed by atoms with van der Waals surface area (Å²) in [5.74, 6) is -6.70. The summed E-state index contributed by atoms with van der Waals surface area (Å²) in [4.78, 5) is 22.6. The van der Waals surface area contributed by atoms with Crippen molar-refractivity contribution in [3.8, 4) is 0 Å². The average molecular weight is 206 g/mol. The molecule has 1 heterocycles. The molecule has 80 valence electrons. The van der Waals surface area contributed by atoms with Crippen molar-refractivity contribution < 1.29 is 23.1 Å². The van der Waals surface area contributed by atoms with Crippen molar-refractivity contribution in [1.29, 1.82) is 0 Å². The van der Waals surface area contributed by atoms with E-state index in [4.69, 9.17) is 4.74 Å². The van der Waals surface area contributed by atoms with Gasteiger partial charge in [0.15, 0.2) is 5.78 Å². The fourth-order valence-electron chi connectivity index (χ4n) is 1.36. The molecule has 1 atom stereocenters. The Labute approximate surface area is 80.4 Å². The number of hydrogen-bond acceptors (Lipinski definition) is 3. The normalized spacial score (nSPS) is 26.6. The SMILES string of the molecule is CC(F)(F)C(=O)C1COC(C)(C)C1=O.